The lowest BCUT2D eigenvalue weighted by molar-refractivity contribution is -0.0582. The SMILES string of the molecule is CC(C)N1CCOC2CN(C(=O)c3cccc(=O)n3C)CC21. The minimum Gasteiger partial charge on any atom is -0.373 e. The molecule has 0 aromatic carbocycles. The van der Waals surface area contributed by atoms with Crippen LogP contribution in [0.15, 0.2) is 23.0 Å². The number of pyridine rings is 1. The van der Waals surface area contributed by atoms with E-state index in [0.29, 0.717) is 31.4 Å². The Kier molecular flexibility index (Phi) is 4.06. The van der Waals surface area contributed by atoms with Crippen LogP contribution in [-0.4, -0.2) is 64.7 Å². The van der Waals surface area contributed by atoms with Crippen molar-refractivity contribution in [2.45, 2.75) is 32.0 Å². The number of aromatic nitrogens is 1. The minimum atomic E-state index is -0.164. The number of likely N-dealkylation sites (tertiary alicyclic amines) is 1. The van der Waals surface area contributed by atoms with Crippen LogP contribution in [0.4, 0.5) is 0 Å². The van der Waals surface area contributed by atoms with Crippen LogP contribution < -0.4 is 5.56 Å². The van der Waals surface area contributed by atoms with Gasteiger partial charge in [0.1, 0.15) is 5.69 Å². The van der Waals surface area contributed by atoms with E-state index < -0.39 is 0 Å². The van der Waals surface area contributed by atoms with Gasteiger partial charge in [0.25, 0.3) is 11.5 Å². The molecule has 1 aromatic heterocycles. The maximum absolute atomic E-state index is 12.7. The van der Waals surface area contributed by atoms with Crippen LogP contribution in [-0.2, 0) is 11.8 Å². The molecule has 0 saturated carbocycles. The summed E-state index contributed by atoms with van der Waals surface area (Å²) >= 11 is 0. The highest BCUT2D eigenvalue weighted by Crippen LogP contribution is 2.25. The van der Waals surface area contributed by atoms with Gasteiger partial charge in [-0.05, 0) is 19.9 Å². The maximum Gasteiger partial charge on any atom is 0.270 e. The quantitative estimate of drug-likeness (QED) is 0.789. The highest BCUT2D eigenvalue weighted by atomic mass is 16.5. The van der Waals surface area contributed by atoms with E-state index >= 15 is 0 Å². The Balaban J connectivity index is 1.81. The van der Waals surface area contributed by atoms with E-state index in [-0.39, 0.29) is 23.6 Å². The predicted molar refractivity (Wildman–Crippen MR) is 83.0 cm³/mol. The van der Waals surface area contributed by atoms with Crippen molar-refractivity contribution >= 4 is 5.91 Å². The monoisotopic (exact) mass is 305 g/mol. The Morgan fingerprint density at radius 1 is 1.32 bits per heavy atom. The average molecular weight is 305 g/mol. The van der Waals surface area contributed by atoms with Crippen molar-refractivity contribution in [2.24, 2.45) is 7.05 Å². The summed E-state index contributed by atoms with van der Waals surface area (Å²) in [5.41, 5.74) is 0.268. The molecule has 2 unspecified atom stereocenters. The van der Waals surface area contributed by atoms with Gasteiger partial charge in [0, 0.05) is 38.8 Å². The smallest absolute Gasteiger partial charge is 0.270 e. The molecule has 6 nitrogen and oxygen atoms in total. The fraction of sp³-hybridized carbons (Fsp3) is 0.625. The molecule has 2 saturated heterocycles. The van der Waals surface area contributed by atoms with Gasteiger partial charge in [0.2, 0.25) is 0 Å². The summed E-state index contributed by atoms with van der Waals surface area (Å²) in [6.07, 6.45) is 0.0702. The lowest BCUT2D eigenvalue weighted by Gasteiger charge is -2.39. The number of carbonyl (C=O) groups is 1. The van der Waals surface area contributed by atoms with Gasteiger partial charge in [0.05, 0.1) is 18.8 Å². The molecule has 0 spiro atoms. The zero-order valence-corrected chi connectivity index (χ0v) is 13.4. The lowest BCUT2D eigenvalue weighted by Crippen LogP contribution is -2.53. The van der Waals surface area contributed by atoms with E-state index in [2.05, 4.69) is 18.7 Å². The third-order valence-corrected chi connectivity index (χ3v) is 4.70. The summed E-state index contributed by atoms with van der Waals surface area (Å²) in [7, 11) is 1.63. The third-order valence-electron chi connectivity index (χ3n) is 4.70. The van der Waals surface area contributed by atoms with Crippen LogP contribution in [0.5, 0.6) is 0 Å². The average Bonchev–Trinajstić information content (AvgIpc) is 2.93. The van der Waals surface area contributed by atoms with Gasteiger partial charge in [-0.3, -0.25) is 14.5 Å². The Hall–Kier alpha value is -1.66. The van der Waals surface area contributed by atoms with Crippen LogP contribution >= 0.6 is 0 Å². The summed E-state index contributed by atoms with van der Waals surface area (Å²) in [6, 6.07) is 5.48. The number of morpholine rings is 1. The lowest BCUT2D eigenvalue weighted by atomic mass is 10.1. The van der Waals surface area contributed by atoms with Crippen molar-refractivity contribution < 1.29 is 9.53 Å². The number of carbonyl (C=O) groups excluding carboxylic acids is 1. The molecule has 120 valence electrons. The molecule has 2 aliphatic rings. The second-order valence-corrected chi connectivity index (χ2v) is 6.33. The molecule has 0 radical (unpaired) electrons. The number of hydrogen-bond donors (Lipinski definition) is 0. The van der Waals surface area contributed by atoms with Gasteiger partial charge in [-0.15, -0.1) is 0 Å². The van der Waals surface area contributed by atoms with Crippen molar-refractivity contribution in [1.82, 2.24) is 14.4 Å². The number of rotatable bonds is 2. The zero-order chi connectivity index (χ0) is 15.9. The Morgan fingerprint density at radius 3 is 2.82 bits per heavy atom. The fourth-order valence-electron chi connectivity index (χ4n) is 3.46. The van der Waals surface area contributed by atoms with Gasteiger partial charge in [-0.1, -0.05) is 6.07 Å². The molecule has 3 rings (SSSR count). The topological polar surface area (TPSA) is 54.8 Å². The van der Waals surface area contributed by atoms with E-state index in [9.17, 15) is 9.59 Å². The molecule has 2 aliphatic heterocycles. The molecule has 1 amide bonds. The van der Waals surface area contributed by atoms with Crippen molar-refractivity contribution in [3.63, 3.8) is 0 Å². The molecule has 1 aromatic rings. The van der Waals surface area contributed by atoms with E-state index in [1.807, 2.05) is 4.90 Å². The van der Waals surface area contributed by atoms with Crippen LogP contribution in [0, 0.1) is 0 Å². The summed E-state index contributed by atoms with van der Waals surface area (Å²) in [5.74, 6) is -0.0955. The Labute approximate surface area is 130 Å². The zero-order valence-electron chi connectivity index (χ0n) is 13.4. The number of amides is 1. The van der Waals surface area contributed by atoms with Crippen LogP contribution in [0.1, 0.15) is 24.3 Å². The Bertz CT molecular complexity index is 625. The first-order valence-corrected chi connectivity index (χ1v) is 7.81. The summed E-state index contributed by atoms with van der Waals surface area (Å²) in [4.78, 5) is 28.7. The normalized spacial score (nSPS) is 25.5. The molecule has 3 heterocycles. The largest absolute Gasteiger partial charge is 0.373 e. The van der Waals surface area contributed by atoms with E-state index in [1.165, 1.54) is 10.6 Å². The van der Waals surface area contributed by atoms with E-state index in [1.54, 1.807) is 19.2 Å². The summed E-state index contributed by atoms with van der Waals surface area (Å²) in [5, 5.41) is 0. The van der Waals surface area contributed by atoms with Crippen molar-refractivity contribution in [3.05, 3.63) is 34.2 Å². The summed E-state index contributed by atoms with van der Waals surface area (Å²) in [6.45, 7) is 7.22. The fourth-order valence-corrected chi connectivity index (χ4v) is 3.46. The van der Waals surface area contributed by atoms with Crippen LogP contribution in [0.25, 0.3) is 0 Å². The molecule has 2 atom stereocenters. The van der Waals surface area contributed by atoms with Crippen LogP contribution in [0.3, 0.4) is 0 Å². The highest BCUT2D eigenvalue weighted by Gasteiger charge is 2.42. The molecule has 22 heavy (non-hydrogen) atoms. The first-order chi connectivity index (χ1) is 10.5. The molecule has 6 heteroatoms. The van der Waals surface area contributed by atoms with E-state index in [4.69, 9.17) is 4.74 Å². The number of hydrogen-bond acceptors (Lipinski definition) is 4. The molecule has 2 fully saturated rings. The van der Waals surface area contributed by atoms with Gasteiger partial charge < -0.3 is 14.2 Å². The first-order valence-electron chi connectivity index (χ1n) is 7.81. The maximum atomic E-state index is 12.7. The molecular weight excluding hydrogens is 282 g/mol. The number of ether oxygens (including phenoxy) is 1. The van der Waals surface area contributed by atoms with Gasteiger partial charge in [-0.25, -0.2) is 0 Å². The molecule has 0 N–H and O–H groups in total. The molecule has 0 bridgehead atoms. The highest BCUT2D eigenvalue weighted by molar-refractivity contribution is 5.92. The standard InChI is InChI=1S/C16H23N3O3/c1-11(2)19-7-8-22-14-10-18(9-13(14)19)16(21)12-5-4-6-15(20)17(12)3/h4-6,11,13-14H,7-10H2,1-3H3. The second kappa shape index (κ2) is 5.85. The van der Waals surface area contributed by atoms with Gasteiger partial charge >= 0.3 is 0 Å². The van der Waals surface area contributed by atoms with Gasteiger partial charge in [0.15, 0.2) is 0 Å². The molecule has 0 aliphatic carbocycles. The molecular formula is C16H23N3O3. The number of fused-ring (bicyclic) bond motifs is 1. The van der Waals surface area contributed by atoms with Crippen molar-refractivity contribution in [2.75, 3.05) is 26.2 Å². The first kappa shape index (κ1) is 15.2. The second-order valence-electron chi connectivity index (χ2n) is 6.33. The Morgan fingerprint density at radius 2 is 2.09 bits per heavy atom. The van der Waals surface area contributed by atoms with Gasteiger partial charge in [-0.2, -0.15) is 0 Å². The third kappa shape index (κ3) is 2.57. The minimum absolute atomic E-state index is 0.0702. The van der Waals surface area contributed by atoms with Crippen molar-refractivity contribution in [3.8, 4) is 0 Å². The van der Waals surface area contributed by atoms with E-state index in [0.717, 1.165) is 6.54 Å². The van der Waals surface area contributed by atoms with Crippen LogP contribution in [0.2, 0.25) is 0 Å². The summed E-state index contributed by atoms with van der Waals surface area (Å²) < 4.78 is 7.26. The number of nitrogens with zero attached hydrogens (tertiary/aromatic N) is 3. The predicted octanol–water partition coefficient (Wildman–Crippen LogP) is 0.319. The van der Waals surface area contributed by atoms with Crippen molar-refractivity contribution in [1.29, 1.82) is 0 Å².